The minimum absolute atomic E-state index is 0.206. The molecule has 0 fully saturated rings. The Labute approximate surface area is 82.8 Å². The Balaban J connectivity index is 3.31. The molecule has 0 aromatic carbocycles. The number of nitrogens with two attached hydrogens (primary N) is 1. The van der Waals surface area contributed by atoms with Crippen molar-refractivity contribution in [1.29, 1.82) is 0 Å². The lowest BCUT2D eigenvalue weighted by molar-refractivity contribution is 0.0984. The van der Waals surface area contributed by atoms with Crippen LogP contribution in [0.1, 0.15) is 40.5 Å². The summed E-state index contributed by atoms with van der Waals surface area (Å²) in [5.74, 6) is 1.29. The van der Waals surface area contributed by atoms with Gasteiger partial charge in [0.25, 0.3) is 0 Å². The summed E-state index contributed by atoms with van der Waals surface area (Å²) in [5, 5.41) is 0. The average Bonchev–Trinajstić information content (AvgIpc) is 2.10. The highest BCUT2D eigenvalue weighted by Gasteiger charge is 2.10. The molecule has 0 radical (unpaired) electrons. The maximum Gasteiger partial charge on any atom is 0.0620 e. The van der Waals surface area contributed by atoms with Gasteiger partial charge in [-0.05, 0) is 18.3 Å². The van der Waals surface area contributed by atoms with E-state index in [9.17, 15) is 0 Å². The van der Waals surface area contributed by atoms with Crippen molar-refractivity contribution in [3.05, 3.63) is 0 Å². The van der Waals surface area contributed by atoms with Crippen LogP contribution in [0.25, 0.3) is 0 Å². The van der Waals surface area contributed by atoms with Crippen molar-refractivity contribution in [1.82, 2.24) is 0 Å². The predicted molar refractivity (Wildman–Crippen MR) is 57.7 cm³/mol. The van der Waals surface area contributed by atoms with Crippen LogP contribution < -0.4 is 5.73 Å². The Morgan fingerprint density at radius 3 is 2.31 bits per heavy atom. The van der Waals surface area contributed by atoms with Gasteiger partial charge in [-0.1, -0.05) is 34.1 Å². The lowest BCUT2D eigenvalue weighted by Gasteiger charge is -2.18. The fraction of sp³-hybridized carbons (Fsp3) is 1.00. The second kappa shape index (κ2) is 7.34. The maximum atomic E-state index is 5.92. The zero-order chi connectivity index (χ0) is 10.3. The van der Waals surface area contributed by atoms with E-state index in [1.807, 2.05) is 0 Å². The summed E-state index contributed by atoms with van der Waals surface area (Å²) >= 11 is 0. The first-order valence-electron chi connectivity index (χ1n) is 5.41. The molecule has 0 aliphatic rings. The molecule has 0 spiro atoms. The van der Waals surface area contributed by atoms with Gasteiger partial charge in [-0.3, -0.25) is 0 Å². The van der Waals surface area contributed by atoms with Gasteiger partial charge in [-0.15, -0.1) is 0 Å². The predicted octanol–water partition coefficient (Wildman–Crippen LogP) is 2.42. The van der Waals surface area contributed by atoms with Gasteiger partial charge in [0, 0.05) is 12.6 Å². The summed E-state index contributed by atoms with van der Waals surface area (Å²) in [6.07, 6.45) is 2.27. The van der Waals surface area contributed by atoms with Gasteiger partial charge < -0.3 is 10.5 Å². The summed E-state index contributed by atoms with van der Waals surface area (Å²) in [6, 6.07) is 0.206. The van der Waals surface area contributed by atoms with E-state index in [1.165, 1.54) is 0 Å². The first-order valence-corrected chi connectivity index (χ1v) is 5.41. The summed E-state index contributed by atoms with van der Waals surface area (Å²) < 4.78 is 5.50. The molecule has 2 nitrogen and oxygen atoms in total. The second-order valence-corrected chi connectivity index (χ2v) is 4.31. The van der Waals surface area contributed by atoms with Crippen LogP contribution in [-0.4, -0.2) is 19.3 Å². The molecule has 2 atom stereocenters. The van der Waals surface area contributed by atoms with E-state index >= 15 is 0 Å². The van der Waals surface area contributed by atoms with Crippen molar-refractivity contribution in [2.24, 2.45) is 17.6 Å². The fourth-order valence-corrected chi connectivity index (χ4v) is 1.01. The topological polar surface area (TPSA) is 35.2 Å². The van der Waals surface area contributed by atoms with Gasteiger partial charge in [0.1, 0.15) is 0 Å². The minimum atomic E-state index is 0.206. The Kier molecular flexibility index (Phi) is 7.29. The molecule has 2 N–H and O–H groups in total. The van der Waals surface area contributed by atoms with Crippen LogP contribution in [0.5, 0.6) is 0 Å². The van der Waals surface area contributed by atoms with Crippen molar-refractivity contribution in [3.8, 4) is 0 Å². The van der Waals surface area contributed by atoms with Crippen LogP contribution in [0.2, 0.25) is 0 Å². The molecule has 2 unspecified atom stereocenters. The Bertz CT molecular complexity index is 115. The van der Waals surface area contributed by atoms with E-state index in [2.05, 4.69) is 27.7 Å². The van der Waals surface area contributed by atoms with E-state index in [1.54, 1.807) is 0 Å². The van der Waals surface area contributed by atoms with Crippen molar-refractivity contribution < 1.29 is 4.74 Å². The van der Waals surface area contributed by atoms with Crippen LogP contribution in [0.3, 0.4) is 0 Å². The third kappa shape index (κ3) is 7.03. The molecule has 0 aromatic heterocycles. The van der Waals surface area contributed by atoms with Crippen molar-refractivity contribution in [2.75, 3.05) is 13.2 Å². The number of ether oxygens (including phenoxy) is 1. The zero-order valence-corrected chi connectivity index (χ0v) is 9.55. The smallest absolute Gasteiger partial charge is 0.0620 e. The lowest BCUT2D eigenvalue weighted by Crippen LogP contribution is -2.33. The molecule has 2 heteroatoms. The Morgan fingerprint density at radius 2 is 1.85 bits per heavy atom. The molecule has 0 aliphatic carbocycles. The lowest BCUT2D eigenvalue weighted by atomic mass is 10.0. The van der Waals surface area contributed by atoms with Crippen LogP contribution >= 0.6 is 0 Å². The van der Waals surface area contributed by atoms with E-state index in [4.69, 9.17) is 10.5 Å². The highest BCUT2D eigenvalue weighted by atomic mass is 16.5. The normalized spacial score (nSPS) is 16.2. The molecule has 0 saturated heterocycles. The number of hydrogen-bond acceptors (Lipinski definition) is 2. The molecule has 0 aromatic rings. The standard InChI is InChI=1S/C11H25NO/c1-5-10(4)11(12)8-13-7-6-9(2)3/h9-11H,5-8,12H2,1-4H3. The van der Waals surface area contributed by atoms with Crippen molar-refractivity contribution >= 4 is 0 Å². The average molecular weight is 187 g/mol. The van der Waals surface area contributed by atoms with Gasteiger partial charge in [0.15, 0.2) is 0 Å². The third-order valence-corrected chi connectivity index (χ3v) is 2.52. The van der Waals surface area contributed by atoms with E-state index in [0.29, 0.717) is 12.5 Å². The van der Waals surface area contributed by atoms with Gasteiger partial charge in [-0.25, -0.2) is 0 Å². The summed E-state index contributed by atoms with van der Waals surface area (Å²) in [4.78, 5) is 0. The SMILES string of the molecule is CCC(C)C(N)COCCC(C)C. The monoisotopic (exact) mass is 187 g/mol. The number of rotatable bonds is 7. The summed E-state index contributed by atoms with van der Waals surface area (Å²) in [5.41, 5.74) is 5.92. The minimum Gasteiger partial charge on any atom is -0.380 e. The summed E-state index contributed by atoms with van der Waals surface area (Å²) in [7, 11) is 0. The quantitative estimate of drug-likeness (QED) is 0.621. The molecule has 0 bridgehead atoms. The molecule has 0 aliphatic heterocycles. The van der Waals surface area contributed by atoms with Gasteiger partial charge in [-0.2, -0.15) is 0 Å². The summed E-state index contributed by atoms with van der Waals surface area (Å²) in [6.45, 7) is 10.3. The van der Waals surface area contributed by atoms with E-state index in [0.717, 1.165) is 25.4 Å². The molecule has 0 rings (SSSR count). The Morgan fingerprint density at radius 1 is 1.23 bits per heavy atom. The zero-order valence-electron chi connectivity index (χ0n) is 9.55. The van der Waals surface area contributed by atoms with Gasteiger partial charge in [0.05, 0.1) is 6.61 Å². The molecule has 80 valence electrons. The largest absolute Gasteiger partial charge is 0.380 e. The third-order valence-electron chi connectivity index (χ3n) is 2.52. The number of hydrogen-bond donors (Lipinski definition) is 1. The molecular weight excluding hydrogens is 162 g/mol. The first-order chi connectivity index (χ1) is 6.07. The molecule has 0 amide bonds. The molecular formula is C11H25NO. The van der Waals surface area contributed by atoms with Crippen LogP contribution in [0.4, 0.5) is 0 Å². The van der Waals surface area contributed by atoms with Crippen molar-refractivity contribution in [2.45, 2.75) is 46.6 Å². The second-order valence-electron chi connectivity index (χ2n) is 4.31. The highest BCUT2D eigenvalue weighted by Crippen LogP contribution is 2.06. The van der Waals surface area contributed by atoms with Crippen LogP contribution in [0, 0.1) is 11.8 Å². The van der Waals surface area contributed by atoms with E-state index in [-0.39, 0.29) is 6.04 Å². The molecule has 13 heavy (non-hydrogen) atoms. The van der Waals surface area contributed by atoms with Gasteiger partial charge in [0.2, 0.25) is 0 Å². The molecule has 0 heterocycles. The maximum absolute atomic E-state index is 5.92. The molecule has 0 saturated carbocycles. The van der Waals surface area contributed by atoms with Crippen LogP contribution in [0.15, 0.2) is 0 Å². The van der Waals surface area contributed by atoms with E-state index < -0.39 is 0 Å². The highest BCUT2D eigenvalue weighted by molar-refractivity contribution is 4.66. The van der Waals surface area contributed by atoms with Gasteiger partial charge >= 0.3 is 0 Å². The van der Waals surface area contributed by atoms with Crippen LogP contribution in [-0.2, 0) is 4.74 Å². The first kappa shape index (κ1) is 12.9. The fourth-order valence-electron chi connectivity index (χ4n) is 1.01. The Hall–Kier alpha value is -0.0800. The van der Waals surface area contributed by atoms with Crippen molar-refractivity contribution in [3.63, 3.8) is 0 Å².